The summed E-state index contributed by atoms with van der Waals surface area (Å²) in [4.78, 5) is 59.8. The van der Waals surface area contributed by atoms with Crippen molar-refractivity contribution in [3.8, 4) is 0 Å². The van der Waals surface area contributed by atoms with E-state index in [1.165, 1.54) is 6.92 Å². The smallest absolute Gasteiger partial charge is 0.326 e. The summed E-state index contributed by atoms with van der Waals surface area (Å²) in [7, 11) is 0. The van der Waals surface area contributed by atoms with E-state index in [0.29, 0.717) is 0 Å². The number of carboxylic acid groups (broad SMARTS) is 2. The fourth-order valence-electron chi connectivity index (χ4n) is 2.95. The van der Waals surface area contributed by atoms with Crippen molar-refractivity contribution in [2.24, 2.45) is 11.7 Å². The van der Waals surface area contributed by atoms with Crippen LogP contribution >= 0.6 is 0 Å². The average molecular weight is 465 g/mol. The molecule has 0 aliphatic rings. The fraction of sp³-hybridized carbons (Fsp3) is 0.500. The standard InChI is InChI=1S/C22H32N4O7/c1-12(2)18(22(32)33)26-21(31)16(9-10-17(27)28)25-19(29)13(3)24-20(30)15(23)11-14-7-5-4-6-8-14/h4-8,12-13,15-16,18H,9-11,23H2,1-3H3,(H,24,30)(H,25,29)(H,26,31)(H,27,28)(H,32,33). The molecule has 0 saturated heterocycles. The highest BCUT2D eigenvalue weighted by molar-refractivity contribution is 5.94. The Kier molecular flexibility index (Phi) is 11.0. The van der Waals surface area contributed by atoms with E-state index >= 15 is 0 Å². The molecule has 1 rings (SSSR count). The molecule has 0 heterocycles. The number of carbonyl (C=O) groups excluding carboxylic acids is 3. The lowest BCUT2D eigenvalue weighted by Crippen LogP contribution is -2.57. The minimum atomic E-state index is -1.30. The summed E-state index contributed by atoms with van der Waals surface area (Å²) >= 11 is 0. The van der Waals surface area contributed by atoms with Crippen molar-refractivity contribution >= 4 is 29.7 Å². The van der Waals surface area contributed by atoms with Crippen LogP contribution in [0.5, 0.6) is 0 Å². The van der Waals surface area contributed by atoms with Gasteiger partial charge in [-0.25, -0.2) is 4.79 Å². The summed E-state index contributed by atoms with van der Waals surface area (Å²) < 4.78 is 0. The molecule has 0 radical (unpaired) electrons. The Morgan fingerprint density at radius 1 is 0.879 bits per heavy atom. The van der Waals surface area contributed by atoms with Crippen LogP contribution in [0.4, 0.5) is 0 Å². The zero-order valence-corrected chi connectivity index (χ0v) is 18.9. The molecule has 7 N–H and O–H groups in total. The molecule has 33 heavy (non-hydrogen) atoms. The predicted molar refractivity (Wildman–Crippen MR) is 119 cm³/mol. The third kappa shape index (κ3) is 9.69. The van der Waals surface area contributed by atoms with E-state index in [9.17, 15) is 29.1 Å². The van der Waals surface area contributed by atoms with Crippen molar-refractivity contribution in [3.05, 3.63) is 35.9 Å². The van der Waals surface area contributed by atoms with E-state index in [4.69, 9.17) is 10.8 Å². The molecule has 0 spiro atoms. The van der Waals surface area contributed by atoms with Gasteiger partial charge in [0.15, 0.2) is 0 Å². The lowest BCUT2D eigenvalue weighted by Gasteiger charge is -2.24. The van der Waals surface area contributed by atoms with Crippen LogP contribution in [0.1, 0.15) is 39.2 Å². The van der Waals surface area contributed by atoms with Crippen LogP contribution < -0.4 is 21.7 Å². The van der Waals surface area contributed by atoms with Gasteiger partial charge in [0.25, 0.3) is 0 Å². The Labute approximate surface area is 192 Å². The van der Waals surface area contributed by atoms with Gasteiger partial charge in [-0.05, 0) is 31.2 Å². The van der Waals surface area contributed by atoms with Gasteiger partial charge < -0.3 is 31.9 Å². The molecule has 0 saturated carbocycles. The first-order valence-electron chi connectivity index (χ1n) is 10.6. The van der Waals surface area contributed by atoms with Crippen LogP contribution in [0.3, 0.4) is 0 Å². The molecular formula is C22H32N4O7. The second-order valence-electron chi connectivity index (χ2n) is 8.09. The third-order valence-corrected chi connectivity index (χ3v) is 4.90. The number of hydrogen-bond acceptors (Lipinski definition) is 6. The number of carboxylic acids is 2. The average Bonchev–Trinajstić information content (AvgIpc) is 2.74. The summed E-state index contributed by atoms with van der Waals surface area (Å²) in [6.07, 6.45) is -0.428. The maximum atomic E-state index is 12.6. The van der Waals surface area contributed by atoms with Gasteiger partial charge in [-0.3, -0.25) is 19.2 Å². The molecule has 11 nitrogen and oxygen atoms in total. The molecule has 0 aliphatic heterocycles. The first-order chi connectivity index (χ1) is 15.4. The fourth-order valence-corrected chi connectivity index (χ4v) is 2.95. The van der Waals surface area contributed by atoms with Gasteiger partial charge in [0.05, 0.1) is 6.04 Å². The SMILES string of the molecule is CC(NC(=O)C(N)Cc1ccccc1)C(=O)NC(CCC(=O)O)C(=O)NC(C(=O)O)C(C)C. The molecule has 4 unspecified atom stereocenters. The highest BCUT2D eigenvalue weighted by Crippen LogP contribution is 2.06. The van der Waals surface area contributed by atoms with Crippen molar-refractivity contribution < 1.29 is 34.2 Å². The Morgan fingerprint density at radius 3 is 2.00 bits per heavy atom. The normalized spacial score (nSPS) is 14.5. The highest BCUT2D eigenvalue weighted by atomic mass is 16.4. The largest absolute Gasteiger partial charge is 0.481 e. The van der Waals surface area contributed by atoms with Crippen LogP contribution in [0.15, 0.2) is 30.3 Å². The number of carbonyl (C=O) groups is 5. The van der Waals surface area contributed by atoms with Crippen LogP contribution in [-0.4, -0.2) is 64.0 Å². The Balaban J connectivity index is 2.77. The molecule has 4 atom stereocenters. The van der Waals surface area contributed by atoms with Gasteiger partial charge in [0.2, 0.25) is 17.7 Å². The van der Waals surface area contributed by atoms with E-state index < -0.39 is 66.2 Å². The summed E-state index contributed by atoms with van der Waals surface area (Å²) in [5.74, 6) is -5.02. The van der Waals surface area contributed by atoms with Crippen LogP contribution in [0.25, 0.3) is 0 Å². The number of benzene rings is 1. The summed E-state index contributed by atoms with van der Waals surface area (Å²) in [5, 5.41) is 25.4. The number of rotatable bonds is 13. The second-order valence-corrected chi connectivity index (χ2v) is 8.09. The van der Waals surface area contributed by atoms with E-state index in [1.54, 1.807) is 13.8 Å². The zero-order valence-electron chi connectivity index (χ0n) is 18.9. The van der Waals surface area contributed by atoms with Crippen molar-refractivity contribution in [3.63, 3.8) is 0 Å². The lowest BCUT2D eigenvalue weighted by atomic mass is 10.0. The van der Waals surface area contributed by atoms with E-state index in [1.807, 2.05) is 30.3 Å². The predicted octanol–water partition coefficient (Wildman–Crippen LogP) is -0.364. The molecule has 1 aromatic carbocycles. The number of nitrogens with two attached hydrogens (primary N) is 1. The topological polar surface area (TPSA) is 188 Å². The van der Waals surface area contributed by atoms with Crippen molar-refractivity contribution in [1.82, 2.24) is 16.0 Å². The van der Waals surface area contributed by atoms with Crippen LogP contribution in [0.2, 0.25) is 0 Å². The van der Waals surface area contributed by atoms with Crippen molar-refractivity contribution in [1.29, 1.82) is 0 Å². The Bertz CT molecular complexity index is 844. The monoisotopic (exact) mass is 464 g/mol. The van der Waals surface area contributed by atoms with E-state index in [2.05, 4.69) is 16.0 Å². The van der Waals surface area contributed by atoms with Crippen LogP contribution in [0, 0.1) is 5.92 Å². The lowest BCUT2D eigenvalue weighted by molar-refractivity contribution is -0.144. The van der Waals surface area contributed by atoms with Gasteiger partial charge in [-0.1, -0.05) is 44.2 Å². The van der Waals surface area contributed by atoms with Gasteiger partial charge in [0.1, 0.15) is 18.1 Å². The van der Waals surface area contributed by atoms with Crippen molar-refractivity contribution in [2.45, 2.75) is 64.2 Å². The minimum Gasteiger partial charge on any atom is -0.481 e. The Morgan fingerprint density at radius 2 is 1.48 bits per heavy atom. The van der Waals surface area contributed by atoms with Crippen LogP contribution in [-0.2, 0) is 30.4 Å². The zero-order chi connectivity index (χ0) is 25.1. The first kappa shape index (κ1) is 27.6. The van der Waals surface area contributed by atoms with Gasteiger partial charge in [-0.15, -0.1) is 0 Å². The summed E-state index contributed by atoms with van der Waals surface area (Å²) in [6.45, 7) is 4.59. The molecule has 1 aromatic rings. The molecule has 11 heteroatoms. The minimum absolute atomic E-state index is 0.258. The van der Waals surface area contributed by atoms with E-state index in [0.717, 1.165) is 5.56 Å². The Hall–Kier alpha value is -3.47. The van der Waals surface area contributed by atoms with Gasteiger partial charge in [-0.2, -0.15) is 0 Å². The number of amides is 3. The number of aliphatic carboxylic acids is 2. The number of hydrogen-bond donors (Lipinski definition) is 6. The molecule has 0 bridgehead atoms. The second kappa shape index (κ2) is 13.2. The molecule has 3 amide bonds. The maximum absolute atomic E-state index is 12.6. The van der Waals surface area contributed by atoms with Gasteiger partial charge in [0, 0.05) is 6.42 Å². The van der Waals surface area contributed by atoms with Gasteiger partial charge >= 0.3 is 11.9 Å². The maximum Gasteiger partial charge on any atom is 0.326 e. The molecule has 0 aliphatic carbocycles. The van der Waals surface area contributed by atoms with E-state index in [-0.39, 0.29) is 12.8 Å². The summed E-state index contributed by atoms with van der Waals surface area (Å²) in [5.41, 5.74) is 6.76. The molecular weight excluding hydrogens is 432 g/mol. The molecule has 0 aromatic heterocycles. The summed E-state index contributed by atoms with van der Waals surface area (Å²) in [6, 6.07) is 4.60. The highest BCUT2D eigenvalue weighted by Gasteiger charge is 2.30. The first-order valence-corrected chi connectivity index (χ1v) is 10.6. The molecule has 182 valence electrons. The number of nitrogens with one attached hydrogen (secondary N) is 3. The van der Waals surface area contributed by atoms with Crippen molar-refractivity contribution in [2.75, 3.05) is 0 Å². The molecule has 0 fully saturated rings. The quantitative estimate of drug-likeness (QED) is 0.228. The third-order valence-electron chi connectivity index (χ3n) is 4.90.